The molecule has 158 valence electrons. The summed E-state index contributed by atoms with van der Waals surface area (Å²) in [4.78, 5) is 31.4. The van der Waals surface area contributed by atoms with Crippen LogP contribution < -0.4 is 0 Å². The zero-order valence-electron chi connectivity index (χ0n) is 16.7. The van der Waals surface area contributed by atoms with Gasteiger partial charge in [-0.1, -0.05) is 23.7 Å². The molecule has 3 rings (SSSR count). The number of Topliss-reactive ketones (excluding diaryl/α,β-unsaturated/α-hetero) is 1. The van der Waals surface area contributed by atoms with Gasteiger partial charge in [-0.2, -0.15) is 11.8 Å². The molecule has 1 aliphatic heterocycles. The van der Waals surface area contributed by atoms with Crippen molar-refractivity contribution in [2.75, 3.05) is 11.5 Å². The summed E-state index contributed by atoms with van der Waals surface area (Å²) in [5, 5.41) is 4.13. The van der Waals surface area contributed by atoms with Crippen LogP contribution in [0.25, 0.3) is 0 Å². The molecule has 2 aliphatic rings. The fourth-order valence-electron chi connectivity index (χ4n) is 3.75. The van der Waals surface area contributed by atoms with Crippen LogP contribution in [0.4, 0.5) is 0 Å². The molecular formula is C21H26ClNO4S2. The highest BCUT2D eigenvalue weighted by molar-refractivity contribution is 7.99. The molecule has 0 spiro atoms. The predicted molar refractivity (Wildman–Crippen MR) is 118 cm³/mol. The van der Waals surface area contributed by atoms with Gasteiger partial charge in [0.05, 0.1) is 15.6 Å². The van der Waals surface area contributed by atoms with Crippen molar-refractivity contribution < 1.29 is 19.2 Å². The number of halogens is 1. The van der Waals surface area contributed by atoms with Crippen LogP contribution in [-0.4, -0.2) is 29.0 Å². The lowest BCUT2D eigenvalue weighted by atomic mass is 9.77. The molecule has 1 aromatic heterocycles. The zero-order chi connectivity index (χ0) is 20.8. The highest BCUT2D eigenvalue weighted by Gasteiger charge is 2.36. The van der Waals surface area contributed by atoms with Crippen LogP contribution >= 0.6 is 34.7 Å². The third-order valence-corrected chi connectivity index (χ3v) is 7.69. The van der Waals surface area contributed by atoms with Gasteiger partial charge in [0.1, 0.15) is 5.76 Å². The lowest BCUT2D eigenvalue weighted by Gasteiger charge is -2.33. The summed E-state index contributed by atoms with van der Waals surface area (Å²) in [7, 11) is 0. The van der Waals surface area contributed by atoms with E-state index in [0.717, 1.165) is 17.1 Å². The Balaban J connectivity index is 1.77. The van der Waals surface area contributed by atoms with Crippen molar-refractivity contribution in [1.29, 1.82) is 0 Å². The van der Waals surface area contributed by atoms with Crippen LogP contribution in [0.2, 0.25) is 4.34 Å². The zero-order valence-corrected chi connectivity index (χ0v) is 19.1. The second-order valence-corrected chi connectivity index (χ2v) is 10.3. The van der Waals surface area contributed by atoms with Gasteiger partial charge >= 0.3 is 5.97 Å². The third kappa shape index (κ3) is 6.09. The van der Waals surface area contributed by atoms with Gasteiger partial charge in [-0.3, -0.25) is 9.59 Å². The first-order chi connectivity index (χ1) is 14.0. The quantitative estimate of drug-likeness (QED) is 0.303. The third-order valence-electron chi connectivity index (χ3n) is 5.24. The molecule has 1 aromatic rings. The molecule has 1 fully saturated rings. The Morgan fingerprint density at radius 2 is 2.14 bits per heavy atom. The summed E-state index contributed by atoms with van der Waals surface area (Å²) >= 11 is 9.30. The number of carbonyl (C=O) groups is 2. The van der Waals surface area contributed by atoms with E-state index in [0.29, 0.717) is 40.1 Å². The van der Waals surface area contributed by atoms with Crippen molar-refractivity contribution in [3.8, 4) is 0 Å². The van der Waals surface area contributed by atoms with Crippen LogP contribution in [0.1, 0.15) is 50.8 Å². The summed E-state index contributed by atoms with van der Waals surface area (Å²) < 4.78 is 6.28. The number of ketones is 1. The fraction of sp³-hybridized carbons (Fsp3) is 0.571. The van der Waals surface area contributed by atoms with Crippen LogP contribution in [0.3, 0.4) is 0 Å². The summed E-state index contributed by atoms with van der Waals surface area (Å²) in [5.74, 6) is 3.09. The fourth-order valence-corrected chi connectivity index (χ4v) is 6.03. The highest BCUT2D eigenvalue weighted by atomic mass is 35.5. The molecule has 29 heavy (non-hydrogen) atoms. The van der Waals surface area contributed by atoms with Gasteiger partial charge in [-0.25, -0.2) is 0 Å². The molecule has 5 nitrogen and oxygen atoms in total. The normalized spacial score (nSPS) is 23.3. The number of rotatable bonds is 7. The monoisotopic (exact) mass is 455 g/mol. The molecule has 0 bridgehead atoms. The lowest BCUT2D eigenvalue weighted by molar-refractivity contribution is -0.139. The van der Waals surface area contributed by atoms with E-state index in [-0.39, 0.29) is 30.7 Å². The van der Waals surface area contributed by atoms with Crippen molar-refractivity contribution >= 4 is 52.2 Å². The number of hydrogen-bond acceptors (Lipinski definition) is 7. The van der Waals surface area contributed by atoms with Crippen molar-refractivity contribution in [3.63, 3.8) is 0 Å². The number of ether oxygens (including phenoxy) is 1. The van der Waals surface area contributed by atoms with Crippen molar-refractivity contribution in [2.45, 2.75) is 52.6 Å². The minimum Gasteiger partial charge on any atom is -0.430 e. The van der Waals surface area contributed by atoms with Gasteiger partial charge < -0.3 is 9.57 Å². The van der Waals surface area contributed by atoms with Gasteiger partial charge in [0.15, 0.2) is 12.4 Å². The smallest absolute Gasteiger partial charge is 0.310 e. The second-order valence-electron chi connectivity index (χ2n) is 7.35. The molecule has 0 radical (unpaired) electrons. The maximum Gasteiger partial charge on any atom is 0.310 e. The molecule has 0 amide bonds. The van der Waals surface area contributed by atoms with Crippen molar-refractivity contribution in [3.05, 3.63) is 32.7 Å². The van der Waals surface area contributed by atoms with E-state index in [9.17, 15) is 9.59 Å². The number of nitrogens with zero attached hydrogens (tertiary/aromatic N) is 1. The summed E-state index contributed by atoms with van der Waals surface area (Å²) in [6.45, 7) is 3.76. The Hall–Kier alpha value is -1.31. The largest absolute Gasteiger partial charge is 0.430 e. The standard InChI is InChI=1S/C21H26ClNO4S2/c1-3-20(25)27-18-10-15(14-5-4-8-28-12-14)9-17(24)21(18)13(2)23-26-11-16-6-7-19(22)29-16/h6-7,14-15H,3-5,8-12H2,1-2H3/b23-13-. The van der Waals surface area contributed by atoms with Crippen molar-refractivity contribution in [1.82, 2.24) is 0 Å². The molecule has 0 N–H and O–H groups in total. The molecule has 2 heterocycles. The van der Waals surface area contributed by atoms with Crippen LogP contribution in [0.15, 0.2) is 28.6 Å². The summed E-state index contributed by atoms with van der Waals surface area (Å²) in [6.07, 6.45) is 3.66. The molecule has 2 atom stereocenters. The van der Waals surface area contributed by atoms with E-state index >= 15 is 0 Å². The number of carbonyl (C=O) groups excluding carboxylic acids is 2. The number of hydrogen-bond donors (Lipinski definition) is 0. The van der Waals surface area contributed by atoms with Gasteiger partial charge in [0.2, 0.25) is 0 Å². The average Bonchev–Trinajstić information content (AvgIpc) is 3.13. The maximum absolute atomic E-state index is 13.0. The first-order valence-electron chi connectivity index (χ1n) is 9.93. The topological polar surface area (TPSA) is 65.0 Å². The molecular weight excluding hydrogens is 430 g/mol. The minimum atomic E-state index is -0.328. The SMILES string of the molecule is CCC(=O)OC1=C(/C(C)=N\OCc2ccc(Cl)s2)C(=O)CC(C2CCCSC2)C1. The second kappa shape index (κ2) is 10.6. The van der Waals surface area contributed by atoms with Gasteiger partial charge in [-0.05, 0) is 55.2 Å². The molecule has 0 saturated carbocycles. The molecule has 1 aliphatic carbocycles. The maximum atomic E-state index is 13.0. The Labute approximate surface area is 184 Å². The first-order valence-corrected chi connectivity index (χ1v) is 12.3. The summed E-state index contributed by atoms with van der Waals surface area (Å²) in [6, 6.07) is 3.69. The Morgan fingerprint density at radius 3 is 2.79 bits per heavy atom. The average molecular weight is 456 g/mol. The number of thioether (sulfide) groups is 1. The van der Waals surface area contributed by atoms with E-state index in [2.05, 4.69) is 5.16 Å². The van der Waals surface area contributed by atoms with Crippen LogP contribution in [0, 0.1) is 11.8 Å². The number of oxime groups is 1. The minimum absolute atomic E-state index is 0.0141. The molecule has 0 aromatic carbocycles. The van der Waals surface area contributed by atoms with E-state index in [1.807, 2.05) is 17.8 Å². The molecule has 1 saturated heterocycles. The number of allylic oxidation sites excluding steroid dienone is 2. The summed E-state index contributed by atoms with van der Waals surface area (Å²) in [5.41, 5.74) is 0.851. The van der Waals surface area contributed by atoms with Gasteiger partial charge in [-0.15, -0.1) is 11.3 Å². The Morgan fingerprint density at radius 1 is 1.31 bits per heavy atom. The van der Waals surface area contributed by atoms with Gasteiger partial charge in [0, 0.05) is 24.1 Å². The van der Waals surface area contributed by atoms with Crippen LogP contribution in [-0.2, 0) is 25.8 Å². The highest BCUT2D eigenvalue weighted by Crippen LogP contribution is 2.39. The van der Waals surface area contributed by atoms with E-state index in [1.165, 1.54) is 23.5 Å². The molecule has 8 heteroatoms. The van der Waals surface area contributed by atoms with E-state index in [4.69, 9.17) is 21.2 Å². The lowest BCUT2D eigenvalue weighted by Crippen LogP contribution is -2.31. The van der Waals surface area contributed by atoms with Gasteiger partial charge in [0.25, 0.3) is 0 Å². The van der Waals surface area contributed by atoms with E-state index in [1.54, 1.807) is 19.9 Å². The Kier molecular flexibility index (Phi) is 8.21. The first kappa shape index (κ1) is 22.4. The molecule has 2 unspecified atom stereocenters. The number of thiophene rings is 1. The van der Waals surface area contributed by atoms with Crippen LogP contribution in [0.5, 0.6) is 0 Å². The van der Waals surface area contributed by atoms with Crippen molar-refractivity contribution in [2.24, 2.45) is 17.0 Å². The number of esters is 1. The van der Waals surface area contributed by atoms with E-state index < -0.39 is 0 Å². The predicted octanol–water partition coefficient (Wildman–Crippen LogP) is 5.62. The Bertz CT molecular complexity index is 811.